The average Bonchev–Trinajstić information content (AvgIpc) is 3.49. The van der Waals surface area contributed by atoms with Gasteiger partial charge in [-0.25, -0.2) is 10.4 Å². The number of nitrogens with zero attached hydrogens (tertiary/aromatic N) is 3. The molecule has 0 atom stereocenters. The van der Waals surface area contributed by atoms with E-state index in [0.717, 1.165) is 26.6 Å². The van der Waals surface area contributed by atoms with E-state index in [0.29, 0.717) is 16.1 Å². The summed E-state index contributed by atoms with van der Waals surface area (Å²) >= 11 is 9.06. The second-order valence-corrected chi connectivity index (χ2v) is 8.88. The molecule has 0 saturated heterocycles. The number of hydrogen-bond acceptors (Lipinski definition) is 7. The number of anilines is 1. The monoisotopic (exact) mass is 463 g/mol. The number of H-pyrrole nitrogens is 1. The first kappa shape index (κ1) is 19.6. The Kier molecular flexibility index (Phi) is 5.33. The van der Waals surface area contributed by atoms with Gasteiger partial charge in [-0.05, 0) is 46.7 Å². The molecule has 0 spiro atoms. The number of rotatable bonds is 5. The average molecular weight is 464 g/mol. The van der Waals surface area contributed by atoms with Gasteiger partial charge in [0.25, 0.3) is 5.56 Å². The number of benzene rings is 1. The van der Waals surface area contributed by atoms with Crippen LogP contribution in [0.25, 0.3) is 32.0 Å². The molecule has 0 aliphatic rings. The Balaban J connectivity index is 1.57. The molecule has 0 aliphatic heterocycles. The molecule has 6 nitrogen and oxygen atoms in total. The second-order valence-electron chi connectivity index (χ2n) is 6.54. The molecular formula is C22H14ClN5OS2. The minimum atomic E-state index is -0.275. The van der Waals surface area contributed by atoms with Crippen LogP contribution in [0, 0.1) is 0 Å². The molecule has 2 N–H and O–H groups in total. The molecule has 5 rings (SSSR count). The Hall–Kier alpha value is -3.33. The summed E-state index contributed by atoms with van der Waals surface area (Å²) in [4.78, 5) is 26.9. The minimum Gasteiger partial charge on any atom is -0.291 e. The summed E-state index contributed by atoms with van der Waals surface area (Å²) in [5.74, 6) is 0.218. The number of hydrogen-bond donors (Lipinski definition) is 2. The number of fused-ring (bicyclic) bond motifs is 1. The lowest BCUT2D eigenvalue weighted by Crippen LogP contribution is -2.13. The first-order valence-electron chi connectivity index (χ1n) is 9.25. The number of pyridine rings is 1. The highest BCUT2D eigenvalue weighted by atomic mass is 35.5. The first-order valence-corrected chi connectivity index (χ1v) is 11.4. The molecule has 0 amide bonds. The third-order valence-corrected chi connectivity index (χ3v) is 6.54. The summed E-state index contributed by atoms with van der Waals surface area (Å²) in [5, 5.41) is 9.24. The van der Waals surface area contributed by atoms with Crippen molar-refractivity contribution in [3.63, 3.8) is 0 Å². The standard InChI is InChI=1S/C22H14ClN5OS2/c23-14-7-5-13(6-8-14)12-24-28-22-26-20-19(21(29)27-22)15(17-3-1-9-30-17)11-16(25-20)18-4-2-10-31-18/h1-12H,(H2,25,26,27,28,29)/b24-12+. The Bertz CT molecular complexity index is 1430. The van der Waals surface area contributed by atoms with Crippen LogP contribution in [0.4, 0.5) is 5.95 Å². The van der Waals surface area contributed by atoms with Crippen molar-refractivity contribution in [3.05, 3.63) is 86.3 Å². The molecule has 0 radical (unpaired) electrons. The zero-order valence-corrected chi connectivity index (χ0v) is 18.3. The van der Waals surface area contributed by atoms with Gasteiger partial charge >= 0.3 is 0 Å². The van der Waals surface area contributed by atoms with Crippen LogP contribution in [0.3, 0.4) is 0 Å². The molecule has 5 aromatic rings. The van der Waals surface area contributed by atoms with Gasteiger partial charge in [-0.2, -0.15) is 10.1 Å². The van der Waals surface area contributed by atoms with E-state index < -0.39 is 0 Å². The van der Waals surface area contributed by atoms with Crippen molar-refractivity contribution in [2.45, 2.75) is 0 Å². The van der Waals surface area contributed by atoms with Crippen LogP contribution in [-0.2, 0) is 0 Å². The van der Waals surface area contributed by atoms with Gasteiger partial charge in [0, 0.05) is 15.5 Å². The van der Waals surface area contributed by atoms with Gasteiger partial charge in [0.2, 0.25) is 5.95 Å². The van der Waals surface area contributed by atoms with Crippen LogP contribution >= 0.6 is 34.3 Å². The van der Waals surface area contributed by atoms with Crippen LogP contribution in [-0.4, -0.2) is 21.2 Å². The van der Waals surface area contributed by atoms with Crippen molar-refractivity contribution in [1.29, 1.82) is 0 Å². The molecule has 31 heavy (non-hydrogen) atoms. The largest absolute Gasteiger partial charge is 0.291 e. The molecule has 152 valence electrons. The molecule has 4 aromatic heterocycles. The highest BCUT2D eigenvalue weighted by Gasteiger charge is 2.16. The molecule has 9 heteroatoms. The maximum absolute atomic E-state index is 12.9. The fraction of sp³-hybridized carbons (Fsp3) is 0. The SMILES string of the molecule is O=c1[nH]c(N/N=C/c2ccc(Cl)cc2)nc2nc(-c3cccs3)cc(-c3cccs3)c12. The normalized spacial score (nSPS) is 11.4. The topological polar surface area (TPSA) is 83.0 Å². The Labute approximate surface area is 189 Å². The van der Waals surface area contributed by atoms with E-state index in [4.69, 9.17) is 11.6 Å². The van der Waals surface area contributed by atoms with Crippen molar-refractivity contribution in [3.8, 4) is 21.0 Å². The summed E-state index contributed by atoms with van der Waals surface area (Å²) in [6.45, 7) is 0. The van der Waals surface area contributed by atoms with Crippen LogP contribution in [0.15, 0.2) is 75.3 Å². The summed E-state index contributed by atoms with van der Waals surface area (Å²) < 4.78 is 0. The summed E-state index contributed by atoms with van der Waals surface area (Å²) in [7, 11) is 0. The smallest absolute Gasteiger partial charge is 0.262 e. The number of hydrazone groups is 1. The van der Waals surface area contributed by atoms with Gasteiger partial charge in [0.05, 0.1) is 22.2 Å². The Morgan fingerprint density at radius 1 is 1.00 bits per heavy atom. The van der Waals surface area contributed by atoms with E-state index in [9.17, 15) is 4.79 Å². The summed E-state index contributed by atoms with van der Waals surface area (Å²) in [5.41, 5.74) is 5.32. The third-order valence-electron chi connectivity index (χ3n) is 4.49. The first-order chi connectivity index (χ1) is 15.2. The van der Waals surface area contributed by atoms with Gasteiger partial charge in [-0.1, -0.05) is 35.9 Å². The van der Waals surface area contributed by atoms with Crippen LogP contribution in [0.5, 0.6) is 0 Å². The van der Waals surface area contributed by atoms with E-state index in [-0.39, 0.29) is 11.5 Å². The molecule has 0 bridgehead atoms. The van der Waals surface area contributed by atoms with E-state index in [1.54, 1.807) is 41.0 Å². The molecule has 0 saturated carbocycles. The highest BCUT2D eigenvalue weighted by Crippen LogP contribution is 2.33. The Morgan fingerprint density at radius 3 is 2.45 bits per heavy atom. The number of thiophene rings is 2. The molecular weight excluding hydrogens is 450 g/mol. The maximum Gasteiger partial charge on any atom is 0.262 e. The van der Waals surface area contributed by atoms with E-state index >= 15 is 0 Å². The number of aromatic amines is 1. The van der Waals surface area contributed by atoms with Crippen LogP contribution in [0.1, 0.15) is 5.56 Å². The van der Waals surface area contributed by atoms with E-state index in [2.05, 4.69) is 25.5 Å². The van der Waals surface area contributed by atoms with Gasteiger partial charge in [0.1, 0.15) is 0 Å². The van der Waals surface area contributed by atoms with E-state index in [1.165, 1.54) is 0 Å². The van der Waals surface area contributed by atoms with Gasteiger partial charge < -0.3 is 0 Å². The highest BCUT2D eigenvalue weighted by molar-refractivity contribution is 7.14. The summed E-state index contributed by atoms with van der Waals surface area (Å²) in [6.07, 6.45) is 1.62. The molecule has 1 aromatic carbocycles. The lowest BCUT2D eigenvalue weighted by atomic mass is 10.1. The van der Waals surface area contributed by atoms with Gasteiger partial charge in [-0.15, -0.1) is 22.7 Å². The van der Waals surface area contributed by atoms with Crippen molar-refractivity contribution in [2.24, 2.45) is 5.10 Å². The third kappa shape index (κ3) is 4.13. The number of nitrogens with one attached hydrogen (secondary N) is 2. The lowest BCUT2D eigenvalue weighted by Gasteiger charge is -2.08. The lowest BCUT2D eigenvalue weighted by molar-refractivity contribution is 1.11. The molecule has 0 unspecified atom stereocenters. The quantitative estimate of drug-likeness (QED) is 0.252. The fourth-order valence-electron chi connectivity index (χ4n) is 3.09. The molecule has 0 fully saturated rings. The fourth-order valence-corrected chi connectivity index (χ4v) is 4.65. The predicted molar refractivity (Wildman–Crippen MR) is 129 cm³/mol. The van der Waals surface area contributed by atoms with Crippen LogP contribution in [0.2, 0.25) is 5.02 Å². The van der Waals surface area contributed by atoms with E-state index in [1.807, 2.05) is 53.2 Å². The zero-order valence-electron chi connectivity index (χ0n) is 15.9. The van der Waals surface area contributed by atoms with Crippen molar-refractivity contribution in [1.82, 2.24) is 15.0 Å². The Morgan fingerprint density at radius 2 is 1.74 bits per heavy atom. The molecule has 4 heterocycles. The minimum absolute atomic E-state index is 0.218. The van der Waals surface area contributed by atoms with Gasteiger partial charge in [-0.3, -0.25) is 9.78 Å². The maximum atomic E-state index is 12.9. The van der Waals surface area contributed by atoms with Crippen molar-refractivity contribution >= 4 is 57.5 Å². The van der Waals surface area contributed by atoms with Crippen LogP contribution < -0.4 is 11.0 Å². The zero-order chi connectivity index (χ0) is 21.2. The van der Waals surface area contributed by atoms with Gasteiger partial charge in [0.15, 0.2) is 5.65 Å². The predicted octanol–water partition coefficient (Wildman–Crippen LogP) is 5.87. The number of aromatic nitrogens is 3. The number of halogens is 1. The second kappa shape index (κ2) is 8.43. The molecule has 0 aliphatic carbocycles. The van der Waals surface area contributed by atoms with Crippen molar-refractivity contribution in [2.75, 3.05) is 5.43 Å². The van der Waals surface area contributed by atoms with Crippen molar-refractivity contribution < 1.29 is 0 Å². The summed E-state index contributed by atoms with van der Waals surface area (Å²) in [6, 6.07) is 17.1.